The molecule has 0 aliphatic carbocycles. The zero-order valence-electron chi connectivity index (χ0n) is 9.01. The fourth-order valence-corrected chi connectivity index (χ4v) is 1.54. The summed E-state index contributed by atoms with van der Waals surface area (Å²) in [6.07, 6.45) is 0. The predicted molar refractivity (Wildman–Crippen MR) is 58.6 cm³/mol. The summed E-state index contributed by atoms with van der Waals surface area (Å²) in [6.45, 7) is 1.99. The van der Waals surface area contributed by atoms with E-state index in [1.54, 1.807) is 6.92 Å². The first kappa shape index (κ1) is 12.9. The molecular formula is C11H12ClF2NO. The molecule has 16 heavy (non-hydrogen) atoms. The number of carbonyl (C=O) groups is 1. The van der Waals surface area contributed by atoms with Gasteiger partial charge in [0.25, 0.3) is 5.91 Å². The average molecular weight is 248 g/mol. The van der Waals surface area contributed by atoms with E-state index in [-0.39, 0.29) is 17.5 Å². The van der Waals surface area contributed by atoms with Crippen molar-refractivity contribution in [2.75, 3.05) is 13.6 Å². The number of alkyl halides is 1. The second kappa shape index (κ2) is 5.25. The maximum atomic E-state index is 13.3. The first-order chi connectivity index (χ1) is 7.43. The first-order valence-electron chi connectivity index (χ1n) is 4.77. The van der Waals surface area contributed by atoms with Gasteiger partial charge in [0.05, 0.1) is 5.56 Å². The molecule has 0 saturated heterocycles. The summed E-state index contributed by atoms with van der Waals surface area (Å²) in [5, 5.41) is -0.245. The van der Waals surface area contributed by atoms with Gasteiger partial charge in [0, 0.05) is 19.0 Å². The van der Waals surface area contributed by atoms with Crippen molar-refractivity contribution >= 4 is 17.5 Å². The quantitative estimate of drug-likeness (QED) is 0.752. The molecule has 0 aliphatic heterocycles. The van der Waals surface area contributed by atoms with Gasteiger partial charge in [-0.3, -0.25) is 4.79 Å². The van der Waals surface area contributed by atoms with Crippen molar-refractivity contribution in [3.05, 3.63) is 35.4 Å². The number of carbonyl (C=O) groups excluding carboxylic acids is 1. The van der Waals surface area contributed by atoms with E-state index in [4.69, 9.17) is 11.6 Å². The molecular weight excluding hydrogens is 236 g/mol. The molecule has 2 nitrogen and oxygen atoms in total. The number of hydrogen-bond donors (Lipinski definition) is 0. The van der Waals surface area contributed by atoms with Crippen LogP contribution >= 0.6 is 11.6 Å². The number of nitrogens with zero attached hydrogens (tertiary/aromatic N) is 1. The Labute approximate surface area is 97.8 Å². The molecule has 0 spiro atoms. The van der Waals surface area contributed by atoms with E-state index in [2.05, 4.69) is 0 Å². The van der Waals surface area contributed by atoms with Crippen LogP contribution in [0.5, 0.6) is 0 Å². The Morgan fingerprint density at radius 3 is 2.69 bits per heavy atom. The Hall–Kier alpha value is -1.16. The lowest BCUT2D eigenvalue weighted by atomic mass is 10.2. The van der Waals surface area contributed by atoms with Gasteiger partial charge in [0.15, 0.2) is 11.6 Å². The number of amides is 1. The van der Waals surface area contributed by atoms with Crippen molar-refractivity contribution in [3.8, 4) is 0 Å². The van der Waals surface area contributed by atoms with Gasteiger partial charge in [-0.15, -0.1) is 11.6 Å². The Bertz CT molecular complexity index is 396. The highest BCUT2D eigenvalue weighted by Crippen LogP contribution is 2.13. The van der Waals surface area contributed by atoms with E-state index in [0.29, 0.717) is 0 Å². The Kier molecular flexibility index (Phi) is 4.24. The maximum Gasteiger partial charge on any atom is 0.256 e. The fraction of sp³-hybridized carbons (Fsp3) is 0.364. The third-order valence-electron chi connectivity index (χ3n) is 2.05. The van der Waals surface area contributed by atoms with Crippen LogP contribution in [0.1, 0.15) is 17.3 Å². The second-order valence-corrected chi connectivity index (χ2v) is 4.31. The standard InChI is InChI=1S/C11H12ClF2NO/c1-7(12)6-15(2)11(16)8-4-3-5-9(13)10(8)14/h3-5,7H,6H2,1-2H3. The molecule has 5 heteroatoms. The van der Waals surface area contributed by atoms with Gasteiger partial charge in [-0.25, -0.2) is 8.78 Å². The van der Waals surface area contributed by atoms with Crippen LogP contribution in [0.15, 0.2) is 18.2 Å². The smallest absolute Gasteiger partial charge is 0.256 e. The summed E-state index contributed by atoms with van der Waals surface area (Å²) in [6, 6.07) is 3.51. The van der Waals surface area contributed by atoms with Crippen LogP contribution < -0.4 is 0 Å². The molecule has 88 valence electrons. The van der Waals surface area contributed by atoms with E-state index in [1.807, 2.05) is 0 Å². The monoisotopic (exact) mass is 247 g/mol. The summed E-state index contributed by atoms with van der Waals surface area (Å²) >= 11 is 5.71. The van der Waals surface area contributed by atoms with Crippen LogP contribution in [0.2, 0.25) is 0 Å². The summed E-state index contributed by atoms with van der Waals surface area (Å²) in [7, 11) is 1.49. The van der Waals surface area contributed by atoms with E-state index in [0.717, 1.165) is 6.07 Å². The lowest BCUT2D eigenvalue weighted by molar-refractivity contribution is 0.0790. The highest BCUT2D eigenvalue weighted by molar-refractivity contribution is 6.20. The van der Waals surface area contributed by atoms with Crippen molar-refractivity contribution in [1.29, 1.82) is 0 Å². The third kappa shape index (κ3) is 2.92. The molecule has 0 fully saturated rings. The highest BCUT2D eigenvalue weighted by atomic mass is 35.5. The zero-order valence-corrected chi connectivity index (χ0v) is 9.76. The molecule has 0 heterocycles. The molecule has 0 saturated carbocycles. The highest BCUT2D eigenvalue weighted by Gasteiger charge is 2.19. The summed E-state index contributed by atoms with van der Waals surface area (Å²) in [5.41, 5.74) is -0.278. The molecule has 0 bridgehead atoms. The van der Waals surface area contributed by atoms with E-state index >= 15 is 0 Å². The summed E-state index contributed by atoms with van der Waals surface area (Å²) in [5.74, 6) is -2.73. The molecule has 1 atom stereocenters. The van der Waals surface area contributed by atoms with Crippen molar-refractivity contribution < 1.29 is 13.6 Å². The van der Waals surface area contributed by atoms with Crippen molar-refractivity contribution in [2.45, 2.75) is 12.3 Å². The Morgan fingerprint density at radius 2 is 2.12 bits per heavy atom. The summed E-state index contributed by atoms with van der Waals surface area (Å²) < 4.78 is 26.2. The summed E-state index contributed by atoms with van der Waals surface area (Å²) in [4.78, 5) is 13.0. The largest absolute Gasteiger partial charge is 0.340 e. The van der Waals surface area contributed by atoms with Crippen molar-refractivity contribution in [3.63, 3.8) is 0 Å². The van der Waals surface area contributed by atoms with Gasteiger partial charge in [0.1, 0.15) is 0 Å². The minimum absolute atomic E-state index is 0.245. The third-order valence-corrected chi connectivity index (χ3v) is 2.19. The molecule has 0 radical (unpaired) electrons. The Morgan fingerprint density at radius 1 is 1.50 bits per heavy atom. The minimum Gasteiger partial charge on any atom is -0.340 e. The van der Waals surface area contributed by atoms with Gasteiger partial charge in [-0.2, -0.15) is 0 Å². The number of benzene rings is 1. The van der Waals surface area contributed by atoms with E-state index in [1.165, 1.54) is 24.1 Å². The van der Waals surface area contributed by atoms with Gasteiger partial charge in [-0.05, 0) is 19.1 Å². The van der Waals surface area contributed by atoms with Crippen LogP contribution in [-0.2, 0) is 0 Å². The Balaban J connectivity index is 2.92. The molecule has 0 aliphatic rings. The van der Waals surface area contributed by atoms with Gasteiger partial charge in [0.2, 0.25) is 0 Å². The van der Waals surface area contributed by atoms with Crippen LogP contribution in [-0.4, -0.2) is 29.8 Å². The molecule has 0 aromatic heterocycles. The van der Waals surface area contributed by atoms with Crippen LogP contribution in [0.25, 0.3) is 0 Å². The lowest BCUT2D eigenvalue weighted by Crippen LogP contribution is -2.32. The van der Waals surface area contributed by atoms with Crippen LogP contribution in [0.4, 0.5) is 8.78 Å². The number of rotatable bonds is 3. The molecule has 1 unspecified atom stereocenters. The molecule has 0 N–H and O–H groups in total. The topological polar surface area (TPSA) is 20.3 Å². The number of hydrogen-bond acceptors (Lipinski definition) is 1. The minimum atomic E-state index is -1.12. The molecule has 1 rings (SSSR count). The molecule has 1 aromatic carbocycles. The SMILES string of the molecule is CC(Cl)CN(C)C(=O)c1cccc(F)c1F. The first-order valence-corrected chi connectivity index (χ1v) is 5.20. The predicted octanol–water partition coefficient (Wildman–Crippen LogP) is 2.66. The maximum absolute atomic E-state index is 13.3. The fourth-order valence-electron chi connectivity index (χ4n) is 1.33. The normalized spacial score (nSPS) is 12.3. The van der Waals surface area contributed by atoms with Crippen molar-refractivity contribution in [1.82, 2.24) is 4.90 Å². The van der Waals surface area contributed by atoms with Crippen molar-refractivity contribution in [2.24, 2.45) is 0 Å². The van der Waals surface area contributed by atoms with Crippen LogP contribution in [0.3, 0.4) is 0 Å². The van der Waals surface area contributed by atoms with Gasteiger partial charge >= 0.3 is 0 Å². The van der Waals surface area contributed by atoms with E-state index < -0.39 is 17.5 Å². The van der Waals surface area contributed by atoms with E-state index in [9.17, 15) is 13.6 Å². The number of halogens is 3. The molecule has 1 amide bonds. The average Bonchev–Trinajstić information content (AvgIpc) is 2.20. The van der Waals surface area contributed by atoms with Gasteiger partial charge < -0.3 is 4.90 Å². The van der Waals surface area contributed by atoms with Crippen LogP contribution in [0, 0.1) is 11.6 Å². The second-order valence-electron chi connectivity index (χ2n) is 3.57. The zero-order chi connectivity index (χ0) is 12.3. The molecule has 1 aromatic rings. The lowest BCUT2D eigenvalue weighted by Gasteiger charge is -2.18. The van der Waals surface area contributed by atoms with Gasteiger partial charge in [-0.1, -0.05) is 6.07 Å².